The van der Waals surface area contributed by atoms with Crippen molar-refractivity contribution in [3.05, 3.63) is 40.2 Å². The number of halogens is 1. The van der Waals surface area contributed by atoms with Crippen molar-refractivity contribution in [2.45, 2.75) is 0 Å². The Morgan fingerprint density at radius 1 is 1.40 bits per heavy atom. The van der Waals surface area contributed by atoms with E-state index in [-0.39, 0.29) is 0 Å². The monoisotopic (exact) mass is 314 g/mol. The quantitative estimate of drug-likeness (QED) is 0.824. The Labute approximate surface area is 99.7 Å². The summed E-state index contributed by atoms with van der Waals surface area (Å²) in [5.41, 5.74) is 0.825. The van der Waals surface area contributed by atoms with E-state index in [1.807, 2.05) is 24.3 Å². The third kappa shape index (κ3) is 1.87. The lowest BCUT2D eigenvalue weighted by Crippen LogP contribution is -2.08. The maximum absolute atomic E-state index is 10.9. The number of hydrogen-bond acceptors (Lipinski definition) is 2. The van der Waals surface area contributed by atoms with E-state index in [4.69, 9.17) is 5.11 Å². The molecule has 2 rings (SSSR count). The van der Waals surface area contributed by atoms with Crippen molar-refractivity contribution in [3.63, 3.8) is 0 Å². The molecule has 1 N–H and O–H groups in total. The summed E-state index contributed by atoms with van der Waals surface area (Å²) in [5.74, 6) is 0.451. The molecule has 1 aromatic carbocycles. The van der Waals surface area contributed by atoms with Crippen molar-refractivity contribution in [3.8, 4) is 11.4 Å². The summed E-state index contributed by atoms with van der Waals surface area (Å²) in [7, 11) is 0. The Kier molecular flexibility index (Phi) is 2.72. The summed E-state index contributed by atoms with van der Waals surface area (Å²) in [4.78, 5) is 14.9. The first-order chi connectivity index (χ1) is 7.20. The van der Waals surface area contributed by atoms with Crippen LogP contribution in [0.3, 0.4) is 0 Å². The van der Waals surface area contributed by atoms with Crippen LogP contribution in [0.4, 0.5) is 4.79 Å². The molecule has 0 atom stereocenters. The summed E-state index contributed by atoms with van der Waals surface area (Å²) in [5, 5.41) is 8.93. The molecule has 5 heteroatoms. The molecule has 0 spiro atoms. The highest BCUT2D eigenvalue weighted by molar-refractivity contribution is 14.1. The Hall–Kier alpha value is -1.37. The van der Waals surface area contributed by atoms with Crippen LogP contribution in [0.25, 0.3) is 11.4 Å². The number of rotatable bonds is 1. The van der Waals surface area contributed by atoms with E-state index < -0.39 is 6.09 Å². The predicted molar refractivity (Wildman–Crippen MR) is 63.8 cm³/mol. The fraction of sp³-hybridized carbons (Fsp3) is 0. The molecule has 4 nitrogen and oxygen atoms in total. The van der Waals surface area contributed by atoms with E-state index in [9.17, 15) is 4.79 Å². The molecular weight excluding hydrogens is 307 g/mol. The van der Waals surface area contributed by atoms with Gasteiger partial charge in [0.05, 0.1) is 0 Å². The number of hydrogen-bond donors (Lipinski definition) is 1. The van der Waals surface area contributed by atoms with Crippen molar-refractivity contribution in [2.24, 2.45) is 0 Å². The molecule has 0 aliphatic heterocycles. The zero-order chi connectivity index (χ0) is 10.8. The van der Waals surface area contributed by atoms with Crippen molar-refractivity contribution in [2.75, 3.05) is 0 Å². The highest BCUT2D eigenvalue weighted by Crippen LogP contribution is 2.23. The maximum atomic E-state index is 10.9. The fourth-order valence-corrected chi connectivity index (χ4v) is 1.93. The molecule has 0 aliphatic carbocycles. The molecule has 0 aliphatic rings. The minimum absolute atomic E-state index is 0.451. The van der Waals surface area contributed by atoms with E-state index in [1.54, 1.807) is 0 Å². The van der Waals surface area contributed by atoms with E-state index >= 15 is 0 Å². The van der Waals surface area contributed by atoms with Crippen LogP contribution in [0.1, 0.15) is 0 Å². The van der Waals surface area contributed by atoms with Crippen molar-refractivity contribution in [1.29, 1.82) is 0 Å². The molecule has 0 bridgehead atoms. The molecule has 0 radical (unpaired) electrons. The number of carbonyl (C=O) groups is 1. The number of aromatic nitrogens is 2. The van der Waals surface area contributed by atoms with Gasteiger partial charge in [0.15, 0.2) is 5.82 Å². The lowest BCUT2D eigenvalue weighted by molar-refractivity contribution is 0.196. The largest absolute Gasteiger partial charge is 0.464 e. The topological polar surface area (TPSA) is 55.1 Å². The molecule has 2 aromatic rings. The number of imidazole rings is 1. The number of nitrogens with zero attached hydrogens (tertiary/aromatic N) is 2. The molecule has 1 heterocycles. The van der Waals surface area contributed by atoms with Gasteiger partial charge in [-0.2, -0.15) is 0 Å². The second kappa shape index (κ2) is 4.01. The second-order valence-electron chi connectivity index (χ2n) is 2.88. The van der Waals surface area contributed by atoms with Gasteiger partial charge < -0.3 is 5.11 Å². The molecular formula is C10H7IN2O2. The van der Waals surface area contributed by atoms with Gasteiger partial charge in [0.25, 0.3) is 0 Å². The molecule has 0 fully saturated rings. The molecule has 0 unspecified atom stereocenters. The van der Waals surface area contributed by atoms with E-state index in [0.717, 1.165) is 13.7 Å². The summed E-state index contributed by atoms with van der Waals surface area (Å²) in [6.45, 7) is 0. The lowest BCUT2D eigenvalue weighted by atomic mass is 10.2. The minimum Gasteiger partial charge on any atom is -0.464 e. The van der Waals surface area contributed by atoms with Crippen LogP contribution in [0.2, 0.25) is 0 Å². The average Bonchev–Trinajstić information content (AvgIpc) is 2.67. The molecule has 1 aromatic heterocycles. The standard InChI is InChI=1S/C10H7IN2O2/c11-8-4-2-1-3-7(8)9-12-5-6-13(9)10(14)15/h1-6H,(H,14,15). The fourth-order valence-electron chi connectivity index (χ4n) is 1.30. The van der Waals surface area contributed by atoms with Gasteiger partial charge in [-0.1, -0.05) is 18.2 Å². The van der Waals surface area contributed by atoms with Gasteiger partial charge in [0.2, 0.25) is 0 Å². The molecule has 76 valence electrons. The molecule has 0 saturated heterocycles. The normalized spacial score (nSPS) is 10.2. The number of carboxylic acid groups (broad SMARTS) is 1. The lowest BCUT2D eigenvalue weighted by Gasteiger charge is -2.04. The first-order valence-corrected chi connectivity index (χ1v) is 5.29. The SMILES string of the molecule is O=C(O)n1ccnc1-c1ccccc1I. The summed E-state index contributed by atoms with van der Waals surface area (Å²) >= 11 is 2.16. The van der Waals surface area contributed by atoms with Crippen LogP contribution in [-0.4, -0.2) is 20.8 Å². The third-order valence-corrected chi connectivity index (χ3v) is 2.90. The zero-order valence-electron chi connectivity index (χ0n) is 7.59. The highest BCUT2D eigenvalue weighted by atomic mass is 127. The van der Waals surface area contributed by atoms with Gasteiger partial charge >= 0.3 is 6.09 Å². The summed E-state index contributed by atoms with van der Waals surface area (Å²) < 4.78 is 2.08. The van der Waals surface area contributed by atoms with E-state index in [0.29, 0.717) is 5.82 Å². The average molecular weight is 314 g/mol. The van der Waals surface area contributed by atoms with Crippen LogP contribution in [0, 0.1) is 3.57 Å². The second-order valence-corrected chi connectivity index (χ2v) is 4.05. The van der Waals surface area contributed by atoms with Gasteiger partial charge in [-0.25, -0.2) is 14.3 Å². The third-order valence-electron chi connectivity index (χ3n) is 1.96. The number of benzene rings is 1. The first-order valence-electron chi connectivity index (χ1n) is 4.21. The Balaban J connectivity index is 2.59. The maximum Gasteiger partial charge on any atom is 0.417 e. The van der Waals surface area contributed by atoms with Crippen LogP contribution >= 0.6 is 22.6 Å². The van der Waals surface area contributed by atoms with Gasteiger partial charge in [-0.3, -0.25) is 0 Å². The Morgan fingerprint density at radius 2 is 2.13 bits per heavy atom. The predicted octanol–water partition coefficient (Wildman–Crippen LogP) is 2.68. The smallest absolute Gasteiger partial charge is 0.417 e. The summed E-state index contributed by atoms with van der Waals surface area (Å²) in [6, 6.07) is 7.53. The Bertz CT molecular complexity index is 508. The van der Waals surface area contributed by atoms with Crippen LogP contribution in [0.15, 0.2) is 36.7 Å². The molecule has 0 saturated carbocycles. The van der Waals surface area contributed by atoms with Gasteiger partial charge in [-0.15, -0.1) is 0 Å². The van der Waals surface area contributed by atoms with Crippen molar-refractivity contribution >= 4 is 28.7 Å². The van der Waals surface area contributed by atoms with Gasteiger partial charge in [0.1, 0.15) is 0 Å². The van der Waals surface area contributed by atoms with Crippen molar-refractivity contribution < 1.29 is 9.90 Å². The summed E-state index contributed by atoms with van der Waals surface area (Å²) in [6.07, 6.45) is 1.88. The van der Waals surface area contributed by atoms with Gasteiger partial charge in [-0.05, 0) is 28.7 Å². The molecule has 0 amide bonds. The molecule has 15 heavy (non-hydrogen) atoms. The van der Waals surface area contributed by atoms with E-state index in [1.165, 1.54) is 12.4 Å². The minimum atomic E-state index is -1.03. The van der Waals surface area contributed by atoms with Crippen molar-refractivity contribution in [1.82, 2.24) is 9.55 Å². The van der Waals surface area contributed by atoms with Crippen LogP contribution < -0.4 is 0 Å². The van der Waals surface area contributed by atoms with E-state index in [2.05, 4.69) is 27.6 Å². The van der Waals surface area contributed by atoms with Gasteiger partial charge in [0, 0.05) is 21.5 Å². The van der Waals surface area contributed by atoms with Crippen LogP contribution in [-0.2, 0) is 0 Å². The first kappa shape index (κ1) is 10.2. The Morgan fingerprint density at radius 3 is 2.80 bits per heavy atom. The zero-order valence-corrected chi connectivity index (χ0v) is 9.75. The van der Waals surface area contributed by atoms with Crippen LogP contribution in [0.5, 0.6) is 0 Å². The highest BCUT2D eigenvalue weighted by Gasteiger charge is 2.12.